The Morgan fingerprint density at radius 2 is 2.19 bits per heavy atom. The summed E-state index contributed by atoms with van der Waals surface area (Å²) in [7, 11) is 0. The SMILES string of the molecule is CCn1c(N2CCOCC2)cc(Cl)nc1=O. The molecule has 88 valence electrons. The maximum atomic E-state index is 11.6. The molecule has 1 fully saturated rings. The first-order valence-electron chi connectivity index (χ1n) is 5.32. The molecule has 0 atom stereocenters. The molecular weight excluding hydrogens is 230 g/mol. The molecule has 0 amide bonds. The minimum absolute atomic E-state index is 0.246. The molecule has 5 nitrogen and oxygen atoms in total. The van der Waals surface area contributed by atoms with Gasteiger partial charge < -0.3 is 9.64 Å². The minimum Gasteiger partial charge on any atom is -0.378 e. The number of morpholine rings is 1. The van der Waals surface area contributed by atoms with E-state index in [9.17, 15) is 4.79 Å². The summed E-state index contributed by atoms with van der Waals surface area (Å²) in [5.74, 6) is 0.829. The van der Waals surface area contributed by atoms with Crippen molar-refractivity contribution in [2.75, 3.05) is 31.2 Å². The zero-order chi connectivity index (χ0) is 11.5. The Morgan fingerprint density at radius 3 is 2.81 bits per heavy atom. The number of hydrogen-bond acceptors (Lipinski definition) is 4. The summed E-state index contributed by atoms with van der Waals surface area (Å²) < 4.78 is 6.90. The smallest absolute Gasteiger partial charge is 0.350 e. The number of halogens is 1. The highest BCUT2D eigenvalue weighted by Gasteiger charge is 2.16. The second kappa shape index (κ2) is 4.84. The van der Waals surface area contributed by atoms with Crippen LogP contribution in [0.15, 0.2) is 10.9 Å². The maximum Gasteiger partial charge on any atom is 0.350 e. The van der Waals surface area contributed by atoms with Crippen LogP contribution in [0.1, 0.15) is 6.92 Å². The quantitative estimate of drug-likeness (QED) is 0.720. The molecule has 1 aliphatic heterocycles. The van der Waals surface area contributed by atoms with E-state index in [0.717, 1.165) is 18.9 Å². The summed E-state index contributed by atoms with van der Waals surface area (Å²) >= 11 is 5.82. The van der Waals surface area contributed by atoms with Crippen molar-refractivity contribution in [3.8, 4) is 0 Å². The van der Waals surface area contributed by atoms with E-state index in [1.54, 1.807) is 10.6 Å². The number of aromatic nitrogens is 2. The van der Waals surface area contributed by atoms with Crippen LogP contribution in [0.4, 0.5) is 5.82 Å². The molecule has 16 heavy (non-hydrogen) atoms. The van der Waals surface area contributed by atoms with Gasteiger partial charge in [-0.2, -0.15) is 4.98 Å². The predicted octanol–water partition coefficient (Wildman–Crippen LogP) is 0.753. The largest absolute Gasteiger partial charge is 0.378 e. The molecule has 0 spiro atoms. The van der Waals surface area contributed by atoms with Gasteiger partial charge in [0.1, 0.15) is 11.0 Å². The van der Waals surface area contributed by atoms with Crippen LogP contribution in [0.25, 0.3) is 0 Å². The Bertz CT molecular complexity index is 427. The van der Waals surface area contributed by atoms with Crippen molar-refractivity contribution in [1.29, 1.82) is 0 Å². The zero-order valence-corrected chi connectivity index (χ0v) is 9.90. The zero-order valence-electron chi connectivity index (χ0n) is 9.15. The van der Waals surface area contributed by atoms with Crippen LogP contribution >= 0.6 is 11.6 Å². The van der Waals surface area contributed by atoms with Crippen molar-refractivity contribution in [3.63, 3.8) is 0 Å². The lowest BCUT2D eigenvalue weighted by atomic mass is 10.4. The topological polar surface area (TPSA) is 47.4 Å². The highest BCUT2D eigenvalue weighted by Crippen LogP contribution is 2.17. The van der Waals surface area contributed by atoms with Crippen molar-refractivity contribution in [2.45, 2.75) is 13.5 Å². The molecule has 1 aromatic heterocycles. The van der Waals surface area contributed by atoms with Crippen LogP contribution in [0.2, 0.25) is 5.15 Å². The van der Waals surface area contributed by atoms with Gasteiger partial charge in [0.2, 0.25) is 0 Å². The van der Waals surface area contributed by atoms with Crippen LogP contribution in [0.3, 0.4) is 0 Å². The molecule has 0 saturated carbocycles. The van der Waals surface area contributed by atoms with Crippen LogP contribution in [-0.4, -0.2) is 35.9 Å². The molecule has 0 aromatic carbocycles. The second-order valence-corrected chi connectivity index (χ2v) is 3.95. The molecule has 1 aromatic rings. The Hall–Kier alpha value is -1.07. The summed E-state index contributed by atoms with van der Waals surface area (Å²) in [6, 6.07) is 1.73. The van der Waals surface area contributed by atoms with E-state index >= 15 is 0 Å². The number of rotatable bonds is 2. The lowest BCUT2D eigenvalue weighted by Gasteiger charge is -2.30. The Kier molecular flexibility index (Phi) is 3.46. The van der Waals surface area contributed by atoms with E-state index in [-0.39, 0.29) is 10.8 Å². The molecule has 0 radical (unpaired) electrons. The normalized spacial score (nSPS) is 16.5. The average Bonchev–Trinajstić information content (AvgIpc) is 2.29. The summed E-state index contributed by atoms with van der Waals surface area (Å²) in [6.45, 7) is 5.42. The van der Waals surface area contributed by atoms with Gasteiger partial charge in [0.05, 0.1) is 13.2 Å². The van der Waals surface area contributed by atoms with Gasteiger partial charge in [0.15, 0.2) is 0 Å². The predicted molar refractivity (Wildman–Crippen MR) is 62.2 cm³/mol. The second-order valence-electron chi connectivity index (χ2n) is 3.56. The van der Waals surface area contributed by atoms with Crippen LogP contribution in [0.5, 0.6) is 0 Å². The number of ether oxygens (including phenoxy) is 1. The minimum atomic E-state index is -0.295. The lowest BCUT2D eigenvalue weighted by molar-refractivity contribution is 0.122. The van der Waals surface area contributed by atoms with Gasteiger partial charge in [-0.1, -0.05) is 11.6 Å². The fraction of sp³-hybridized carbons (Fsp3) is 0.600. The molecule has 0 N–H and O–H groups in total. The van der Waals surface area contributed by atoms with Crippen molar-refractivity contribution < 1.29 is 4.74 Å². The van der Waals surface area contributed by atoms with E-state index in [1.807, 2.05) is 6.92 Å². The summed E-state index contributed by atoms with van der Waals surface area (Å²) in [4.78, 5) is 17.5. The fourth-order valence-electron chi connectivity index (χ4n) is 1.82. The average molecular weight is 244 g/mol. The van der Waals surface area contributed by atoms with Crippen LogP contribution < -0.4 is 10.6 Å². The lowest BCUT2D eigenvalue weighted by Crippen LogP contribution is -2.40. The summed E-state index contributed by atoms with van der Waals surface area (Å²) in [6.07, 6.45) is 0. The molecule has 0 bridgehead atoms. The highest BCUT2D eigenvalue weighted by molar-refractivity contribution is 6.29. The van der Waals surface area contributed by atoms with Gasteiger partial charge in [0, 0.05) is 25.7 Å². The Morgan fingerprint density at radius 1 is 1.50 bits per heavy atom. The number of anilines is 1. The summed E-state index contributed by atoms with van der Waals surface area (Å²) in [5.41, 5.74) is -0.295. The van der Waals surface area contributed by atoms with Crippen molar-refractivity contribution >= 4 is 17.4 Å². The number of nitrogens with zero attached hydrogens (tertiary/aromatic N) is 3. The van der Waals surface area contributed by atoms with Gasteiger partial charge >= 0.3 is 5.69 Å². The molecule has 1 saturated heterocycles. The van der Waals surface area contributed by atoms with Gasteiger partial charge in [-0.25, -0.2) is 4.79 Å². The van der Waals surface area contributed by atoms with Gasteiger partial charge in [0.25, 0.3) is 0 Å². The third-order valence-electron chi connectivity index (χ3n) is 2.61. The fourth-order valence-corrected chi connectivity index (χ4v) is 1.99. The monoisotopic (exact) mass is 243 g/mol. The summed E-state index contributed by atoms with van der Waals surface area (Å²) in [5, 5.41) is 0.246. The number of hydrogen-bond donors (Lipinski definition) is 0. The third kappa shape index (κ3) is 2.20. The van der Waals surface area contributed by atoms with E-state index in [2.05, 4.69) is 9.88 Å². The van der Waals surface area contributed by atoms with Crippen LogP contribution in [-0.2, 0) is 11.3 Å². The molecular formula is C10H14ClN3O2. The molecule has 1 aliphatic rings. The van der Waals surface area contributed by atoms with Crippen molar-refractivity contribution in [1.82, 2.24) is 9.55 Å². The third-order valence-corrected chi connectivity index (χ3v) is 2.80. The Balaban J connectivity index is 2.41. The first-order chi connectivity index (χ1) is 7.72. The van der Waals surface area contributed by atoms with Gasteiger partial charge in [-0.15, -0.1) is 0 Å². The highest BCUT2D eigenvalue weighted by atomic mass is 35.5. The maximum absolute atomic E-state index is 11.6. The Labute approximate surface area is 98.6 Å². The first-order valence-corrected chi connectivity index (χ1v) is 5.70. The standard InChI is InChI=1S/C10H14ClN3O2/c1-2-14-9(7-8(11)12-10(14)15)13-3-5-16-6-4-13/h7H,2-6H2,1H3. The molecule has 0 unspecified atom stereocenters. The van der Waals surface area contributed by atoms with Crippen LogP contribution in [0, 0.1) is 0 Å². The van der Waals surface area contributed by atoms with Crippen molar-refractivity contribution in [3.05, 3.63) is 21.7 Å². The molecule has 2 rings (SSSR count). The van der Waals surface area contributed by atoms with E-state index < -0.39 is 0 Å². The molecule has 0 aliphatic carbocycles. The molecule has 6 heteroatoms. The van der Waals surface area contributed by atoms with E-state index in [4.69, 9.17) is 16.3 Å². The van der Waals surface area contributed by atoms with E-state index in [1.165, 1.54) is 0 Å². The van der Waals surface area contributed by atoms with Gasteiger partial charge in [-0.05, 0) is 6.92 Å². The van der Waals surface area contributed by atoms with E-state index in [0.29, 0.717) is 19.8 Å². The van der Waals surface area contributed by atoms with Crippen molar-refractivity contribution in [2.24, 2.45) is 0 Å². The first kappa shape index (κ1) is 11.4. The van der Waals surface area contributed by atoms with Gasteiger partial charge in [-0.3, -0.25) is 4.57 Å². The molecule has 2 heterocycles.